The Kier molecular flexibility index (Phi) is 6.37. The molecule has 0 N–H and O–H groups in total. The van der Waals surface area contributed by atoms with Gasteiger partial charge in [-0.3, -0.25) is 11.6 Å². The highest BCUT2D eigenvalue weighted by Crippen LogP contribution is 1.71. The molecule has 0 rings (SSSR count). The summed E-state index contributed by atoms with van der Waals surface area (Å²) in [6, 6.07) is 2.39. The van der Waals surface area contributed by atoms with Crippen LogP contribution in [-0.2, 0) is 0 Å². The third-order valence-corrected chi connectivity index (χ3v) is 0.884. The maximum absolute atomic E-state index is 4.95. The molecule has 0 radical (unpaired) electrons. The predicted molar refractivity (Wildman–Crippen MR) is 54.9 cm³/mol. The van der Waals surface area contributed by atoms with Crippen molar-refractivity contribution in [3.63, 3.8) is 0 Å². The van der Waals surface area contributed by atoms with E-state index in [1.54, 1.807) is 6.92 Å². The first kappa shape index (κ1) is 10.7. The Balaban J connectivity index is 4.82. The lowest BCUT2D eigenvalue weighted by molar-refractivity contribution is 1.74. The summed E-state index contributed by atoms with van der Waals surface area (Å²) in [6.07, 6.45) is 9.85. The van der Waals surface area contributed by atoms with E-state index in [-0.39, 0.29) is 0 Å². The maximum Gasteiger partial charge on any atom is 0.127 e. The number of hydrogen-bond acceptors (Lipinski definition) is 1. The second kappa shape index (κ2) is 7.77. The molecule has 0 saturated heterocycles. The molecule has 0 aromatic heterocycles. The molecule has 0 aromatic carbocycles. The molecule has 0 bridgehead atoms. The summed E-state index contributed by atoms with van der Waals surface area (Å²) >= 11 is 0. The fourth-order valence-corrected chi connectivity index (χ4v) is 0.476. The van der Waals surface area contributed by atoms with Crippen molar-refractivity contribution < 1.29 is 0 Å². The van der Waals surface area contributed by atoms with E-state index in [4.69, 9.17) is 12.8 Å². The van der Waals surface area contributed by atoms with Crippen LogP contribution in [0.1, 0.15) is 6.92 Å². The van der Waals surface area contributed by atoms with E-state index in [1.165, 1.54) is 0 Å². The number of nitrogens with zero attached hydrogens (tertiary/aromatic N) is 1. The van der Waals surface area contributed by atoms with Gasteiger partial charge in [-0.2, -0.15) is 5.92 Å². The fourth-order valence-electron chi connectivity index (χ4n) is 0.476. The number of hydrogen-bond donors (Lipinski definition) is 0. The van der Waals surface area contributed by atoms with Crippen molar-refractivity contribution in [1.29, 1.82) is 0 Å². The Labute approximate surface area is 79.1 Å². The SMILES string of the molecule is C#CC#CN=[B-](C#CC)C#CC#C. The van der Waals surface area contributed by atoms with Crippen LogP contribution in [0.3, 0.4) is 0 Å². The van der Waals surface area contributed by atoms with Gasteiger partial charge in [0, 0.05) is 5.92 Å². The summed E-state index contributed by atoms with van der Waals surface area (Å²) in [7, 11) is 0. The van der Waals surface area contributed by atoms with Gasteiger partial charge in [0.25, 0.3) is 0 Å². The first-order chi connectivity index (χ1) is 6.35. The van der Waals surface area contributed by atoms with Crippen molar-refractivity contribution >= 4 is 6.51 Å². The van der Waals surface area contributed by atoms with E-state index < -0.39 is 6.51 Å². The molecular weight excluding hydrogens is 157 g/mol. The molecule has 0 heterocycles. The zero-order valence-electron chi connectivity index (χ0n) is 7.18. The van der Waals surface area contributed by atoms with Gasteiger partial charge in [-0.15, -0.1) is 12.8 Å². The smallest absolute Gasteiger partial charge is 0.127 e. The minimum atomic E-state index is -0.470. The van der Waals surface area contributed by atoms with E-state index in [1.807, 2.05) is 0 Å². The number of terminal acetylenes is 2. The lowest BCUT2D eigenvalue weighted by atomic mass is 9.73. The molecule has 0 saturated carbocycles. The molecule has 58 valence electrons. The van der Waals surface area contributed by atoms with Crippen LogP contribution < -0.4 is 0 Å². The summed E-state index contributed by atoms with van der Waals surface area (Å²) < 4.78 is 0. The van der Waals surface area contributed by atoms with Gasteiger partial charge in [-0.25, -0.2) is 0 Å². The molecule has 0 aliphatic carbocycles. The van der Waals surface area contributed by atoms with Gasteiger partial charge in [0.15, 0.2) is 0 Å². The van der Waals surface area contributed by atoms with E-state index in [2.05, 4.69) is 52.2 Å². The Morgan fingerprint density at radius 2 is 1.77 bits per heavy atom. The summed E-state index contributed by atoms with van der Waals surface area (Å²) in [4.78, 5) is 3.79. The highest BCUT2D eigenvalue weighted by molar-refractivity contribution is 6.65. The third kappa shape index (κ3) is 6.08. The Morgan fingerprint density at radius 3 is 2.31 bits per heavy atom. The van der Waals surface area contributed by atoms with E-state index in [9.17, 15) is 0 Å². The van der Waals surface area contributed by atoms with Crippen molar-refractivity contribution in [2.45, 2.75) is 6.92 Å². The van der Waals surface area contributed by atoms with Crippen molar-refractivity contribution in [2.75, 3.05) is 0 Å². The van der Waals surface area contributed by atoms with Gasteiger partial charge >= 0.3 is 0 Å². The van der Waals surface area contributed by atoms with Crippen LogP contribution in [0.25, 0.3) is 0 Å². The lowest BCUT2D eigenvalue weighted by Crippen LogP contribution is -1.91. The average molecular weight is 162 g/mol. The molecule has 0 amide bonds. The standard InChI is InChI=1S/C11H5BN/c1-4-7-10-12(9-6-3)13-11-8-5-2/h1-2H,3H3/q-1. The average Bonchev–Trinajstić information content (AvgIpc) is 2.14. The lowest BCUT2D eigenvalue weighted by Gasteiger charge is -1.91. The summed E-state index contributed by atoms with van der Waals surface area (Å²) in [5.74, 6) is 17.1. The van der Waals surface area contributed by atoms with Gasteiger partial charge in [0.1, 0.15) is 6.51 Å². The molecule has 13 heavy (non-hydrogen) atoms. The molecule has 0 spiro atoms. The van der Waals surface area contributed by atoms with Crippen molar-refractivity contribution in [3.05, 3.63) is 0 Å². The quantitative estimate of drug-likeness (QED) is 0.365. The highest BCUT2D eigenvalue weighted by atomic mass is 14.6. The molecule has 2 heteroatoms. The van der Waals surface area contributed by atoms with Crippen molar-refractivity contribution in [2.24, 2.45) is 4.90 Å². The van der Waals surface area contributed by atoms with E-state index in [0.717, 1.165) is 0 Å². The molecule has 0 aliphatic rings. The molecule has 0 aromatic rings. The van der Waals surface area contributed by atoms with Gasteiger partial charge in [0.2, 0.25) is 0 Å². The molecular formula is C11H5BN-. The summed E-state index contributed by atoms with van der Waals surface area (Å²) in [6.45, 7) is 1.22. The van der Waals surface area contributed by atoms with Crippen LogP contribution in [-0.4, -0.2) is 6.51 Å². The fraction of sp³-hybridized carbons (Fsp3) is 0.0909. The van der Waals surface area contributed by atoms with Crippen LogP contribution in [0, 0.1) is 60.1 Å². The molecule has 1 nitrogen and oxygen atoms in total. The Morgan fingerprint density at radius 1 is 1.08 bits per heavy atom. The first-order valence-corrected chi connectivity index (χ1v) is 3.39. The minimum Gasteiger partial charge on any atom is -0.445 e. The predicted octanol–water partition coefficient (Wildman–Crippen LogP) is 0.579. The minimum absolute atomic E-state index is 0.470. The molecule has 0 fully saturated rings. The van der Waals surface area contributed by atoms with E-state index >= 15 is 0 Å². The largest absolute Gasteiger partial charge is 0.445 e. The molecule has 0 aliphatic heterocycles. The van der Waals surface area contributed by atoms with Crippen LogP contribution in [0.2, 0.25) is 0 Å². The highest BCUT2D eigenvalue weighted by Gasteiger charge is 1.69. The van der Waals surface area contributed by atoms with Crippen molar-refractivity contribution in [1.82, 2.24) is 0 Å². The van der Waals surface area contributed by atoms with Crippen LogP contribution in [0.4, 0.5) is 0 Å². The van der Waals surface area contributed by atoms with Gasteiger partial charge in [-0.05, 0) is 24.8 Å². The normalized spacial score (nSPS) is 6.85. The van der Waals surface area contributed by atoms with Crippen LogP contribution in [0.5, 0.6) is 0 Å². The second-order valence-corrected chi connectivity index (χ2v) is 1.72. The first-order valence-electron chi connectivity index (χ1n) is 3.39. The van der Waals surface area contributed by atoms with E-state index in [0.29, 0.717) is 0 Å². The zero-order valence-corrected chi connectivity index (χ0v) is 7.18. The third-order valence-electron chi connectivity index (χ3n) is 0.884. The zero-order chi connectivity index (χ0) is 9.94. The maximum atomic E-state index is 4.95. The van der Waals surface area contributed by atoms with Gasteiger partial charge in [-0.1, -0.05) is 5.92 Å². The van der Waals surface area contributed by atoms with Crippen LogP contribution >= 0.6 is 0 Å². The summed E-state index contributed by atoms with van der Waals surface area (Å²) in [5, 5.41) is 0. The van der Waals surface area contributed by atoms with Gasteiger partial charge < -0.3 is 4.90 Å². The molecule has 0 unspecified atom stereocenters. The Hall–Kier alpha value is -2.34. The number of rotatable bonds is 0. The van der Waals surface area contributed by atoms with Crippen molar-refractivity contribution in [3.8, 4) is 60.1 Å². The topological polar surface area (TPSA) is 12.4 Å². The summed E-state index contributed by atoms with van der Waals surface area (Å²) in [5.41, 5.74) is 0. The van der Waals surface area contributed by atoms with Gasteiger partial charge in [0.05, 0.1) is 0 Å². The monoisotopic (exact) mass is 162 g/mol. The van der Waals surface area contributed by atoms with Crippen LogP contribution in [0.15, 0.2) is 4.90 Å². The Bertz CT molecular complexity index is 464. The second-order valence-electron chi connectivity index (χ2n) is 1.72. The molecule has 0 atom stereocenters.